The number of anilines is 1. The number of nitrogens with zero attached hydrogens (tertiary/aromatic N) is 2. The number of carbonyl (C=O) groups excluding carboxylic acids is 3. The summed E-state index contributed by atoms with van der Waals surface area (Å²) in [5.74, 6) is -2.79. The van der Waals surface area contributed by atoms with Gasteiger partial charge in [0.15, 0.2) is 5.78 Å². The molecule has 124 valence electrons. The quantitative estimate of drug-likeness (QED) is 0.517. The molecule has 1 aromatic carbocycles. The number of rotatable bonds is 2. The van der Waals surface area contributed by atoms with Crippen LogP contribution in [0.2, 0.25) is 0 Å². The number of benzene rings is 1. The fraction of sp³-hybridized carbons (Fsp3) is 0.0625. The molecule has 2 amide bonds. The van der Waals surface area contributed by atoms with Gasteiger partial charge >= 0.3 is 0 Å². The van der Waals surface area contributed by atoms with Gasteiger partial charge in [-0.05, 0) is 13.0 Å². The Balaban J connectivity index is 2.38. The Morgan fingerprint density at radius 3 is 2.52 bits per heavy atom. The largest absolute Gasteiger partial charge is 0.507 e. The first-order valence-corrected chi connectivity index (χ1v) is 6.96. The summed E-state index contributed by atoms with van der Waals surface area (Å²) in [5.41, 5.74) is 4.45. The number of nitrogens with two attached hydrogens (primary N) is 1. The fourth-order valence-electron chi connectivity index (χ4n) is 2.66. The molecule has 0 atom stereocenters. The second kappa shape index (κ2) is 5.31. The zero-order valence-corrected chi connectivity index (χ0v) is 12.8. The number of nitriles is 1. The average Bonchev–Trinajstić information content (AvgIpc) is 2.81. The van der Waals surface area contributed by atoms with Crippen molar-refractivity contribution in [2.24, 2.45) is 0 Å². The lowest BCUT2D eigenvalue weighted by Gasteiger charge is -2.14. The van der Waals surface area contributed by atoms with Crippen LogP contribution in [-0.4, -0.2) is 27.3 Å². The topological polar surface area (TPSA) is 155 Å². The number of nitrogens with one attached hydrogen (secondary N) is 1. The van der Waals surface area contributed by atoms with Gasteiger partial charge < -0.3 is 10.8 Å². The Labute approximate surface area is 139 Å². The molecule has 0 unspecified atom stereocenters. The third kappa shape index (κ3) is 2.24. The number of phenolic OH excluding ortho intramolecular Hbond substituents is 1. The van der Waals surface area contributed by atoms with E-state index in [1.807, 2.05) is 11.4 Å². The van der Waals surface area contributed by atoms with Crippen LogP contribution < -0.4 is 16.6 Å². The summed E-state index contributed by atoms with van der Waals surface area (Å²) in [7, 11) is 0. The van der Waals surface area contributed by atoms with Gasteiger partial charge in [0, 0.05) is 12.1 Å². The number of amides is 2. The molecule has 0 saturated carbocycles. The van der Waals surface area contributed by atoms with Crippen LogP contribution in [-0.2, 0) is 0 Å². The van der Waals surface area contributed by atoms with Gasteiger partial charge in [-0.15, -0.1) is 0 Å². The highest BCUT2D eigenvalue weighted by atomic mass is 16.3. The second-order valence-corrected chi connectivity index (χ2v) is 5.33. The number of hydrogen-bond acceptors (Lipinski definition) is 7. The van der Waals surface area contributed by atoms with E-state index in [1.165, 1.54) is 6.92 Å². The second-order valence-electron chi connectivity index (χ2n) is 5.33. The van der Waals surface area contributed by atoms with Crippen molar-refractivity contribution in [2.75, 3.05) is 5.73 Å². The Bertz CT molecular complexity index is 1090. The van der Waals surface area contributed by atoms with Crippen molar-refractivity contribution in [3.63, 3.8) is 0 Å². The van der Waals surface area contributed by atoms with Crippen LogP contribution in [0.4, 0.5) is 5.82 Å². The molecule has 0 fully saturated rings. The van der Waals surface area contributed by atoms with Crippen LogP contribution in [0.25, 0.3) is 5.69 Å². The molecule has 25 heavy (non-hydrogen) atoms. The van der Waals surface area contributed by atoms with E-state index in [0.29, 0.717) is 0 Å². The molecular formula is C16H10N4O5. The van der Waals surface area contributed by atoms with Gasteiger partial charge in [0.1, 0.15) is 17.6 Å². The van der Waals surface area contributed by atoms with E-state index in [2.05, 4.69) is 0 Å². The zero-order valence-electron chi connectivity index (χ0n) is 12.8. The number of phenols is 1. The number of ketones is 1. The smallest absolute Gasteiger partial charge is 0.262 e. The highest BCUT2D eigenvalue weighted by molar-refractivity contribution is 6.23. The molecule has 9 nitrogen and oxygen atoms in total. The summed E-state index contributed by atoms with van der Waals surface area (Å²) in [6.07, 6.45) is 0. The first kappa shape index (κ1) is 15.9. The molecule has 2 heterocycles. The third-order valence-electron chi connectivity index (χ3n) is 3.81. The van der Waals surface area contributed by atoms with Crippen LogP contribution >= 0.6 is 0 Å². The maximum Gasteiger partial charge on any atom is 0.262 e. The molecule has 0 bridgehead atoms. The van der Waals surface area contributed by atoms with Crippen molar-refractivity contribution in [3.05, 3.63) is 50.8 Å². The summed E-state index contributed by atoms with van der Waals surface area (Å²) in [5, 5.41) is 21.3. The molecule has 2 aromatic rings. The number of aromatic nitrogens is 1. The van der Waals surface area contributed by atoms with E-state index in [-0.39, 0.29) is 33.8 Å². The van der Waals surface area contributed by atoms with E-state index >= 15 is 0 Å². The van der Waals surface area contributed by atoms with Crippen molar-refractivity contribution in [1.29, 1.82) is 5.26 Å². The molecule has 0 aliphatic carbocycles. The lowest BCUT2D eigenvalue weighted by molar-refractivity contribution is 0.0879. The van der Waals surface area contributed by atoms with Gasteiger partial charge in [-0.3, -0.25) is 29.1 Å². The van der Waals surface area contributed by atoms with Gasteiger partial charge in [0.05, 0.1) is 27.9 Å². The number of nitrogen functional groups attached to an aromatic ring is 1. The van der Waals surface area contributed by atoms with Crippen molar-refractivity contribution in [3.8, 4) is 17.5 Å². The summed E-state index contributed by atoms with van der Waals surface area (Å²) < 4.78 is 0.833. The lowest BCUT2D eigenvalue weighted by atomic mass is 10.0. The van der Waals surface area contributed by atoms with Crippen molar-refractivity contribution < 1.29 is 19.5 Å². The minimum atomic E-state index is -0.771. The van der Waals surface area contributed by atoms with E-state index in [9.17, 15) is 29.5 Å². The minimum absolute atomic E-state index is 0.0963. The van der Waals surface area contributed by atoms with E-state index in [1.54, 1.807) is 0 Å². The van der Waals surface area contributed by atoms with Gasteiger partial charge in [-0.1, -0.05) is 0 Å². The Morgan fingerprint density at radius 2 is 1.92 bits per heavy atom. The Hall–Kier alpha value is -3.93. The fourth-order valence-corrected chi connectivity index (χ4v) is 2.66. The highest BCUT2D eigenvalue weighted by Crippen LogP contribution is 2.29. The van der Waals surface area contributed by atoms with Gasteiger partial charge in [-0.25, -0.2) is 0 Å². The predicted octanol–water partition coefficient (Wildman–Crippen LogP) is 0.0832. The molecule has 1 aliphatic rings. The number of Topliss-reactive ketones (excluding diaryl/α,β-unsaturated/α-hetero) is 1. The molecular weight excluding hydrogens is 328 g/mol. The van der Waals surface area contributed by atoms with Gasteiger partial charge in [-0.2, -0.15) is 5.26 Å². The zero-order chi connectivity index (χ0) is 18.5. The normalized spacial score (nSPS) is 12.5. The maximum absolute atomic E-state index is 12.4. The number of hydrogen-bond donors (Lipinski definition) is 3. The maximum atomic E-state index is 12.4. The van der Waals surface area contributed by atoms with Crippen LogP contribution in [0.5, 0.6) is 5.75 Å². The van der Waals surface area contributed by atoms with Crippen LogP contribution in [0.1, 0.15) is 43.6 Å². The SMILES string of the molecule is CC(=O)c1cc(C#N)c(-n2c(N)c3c(cc2=O)C(=O)NC3=O)cc1O. The third-order valence-corrected chi connectivity index (χ3v) is 3.81. The average molecular weight is 338 g/mol. The lowest BCUT2D eigenvalue weighted by Crippen LogP contribution is -2.24. The van der Waals surface area contributed by atoms with Gasteiger partial charge in [0.25, 0.3) is 17.4 Å². The molecule has 1 aliphatic heterocycles. The van der Waals surface area contributed by atoms with Crippen LogP contribution in [0.15, 0.2) is 23.0 Å². The number of pyridine rings is 1. The van der Waals surface area contributed by atoms with E-state index in [0.717, 1.165) is 22.8 Å². The predicted molar refractivity (Wildman–Crippen MR) is 84.6 cm³/mol. The van der Waals surface area contributed by atoms with Crippen molar-refractivity contribution >= 4 is 23.4 Å². The molecule has 9 heteroatoms. The van der Waals surface area contributed by atoms with Crippen molar-refractivity contribution in [1.82, 2.24) is 9.88 Å². The molecule has 0 spiro atoms. The molecule has 3 rings (SSSR count). The number of aromatic hydroxyl groups is 1. The van der Waals surface area contributed by atoms with E-state index < -0.39 is 28.9 Å². The Morgan fingerprint density at radius 1 is 1.24 bits per heavy atom. The molecule has 0 saturated heterocycles. The Kier molecular flexibility index (Phi) is 3.39. The van der Waals surface area contributed by atoms with Crippen LogP contribution in [0.3, 0.4) is 0 Å². The summed E-state index contributed by atoms with van der Waals surface area (Å²) in [6, 6.07) is 4.89. The molecule has 4 N–H and O–H groups in total. The first-order chi connectivity index (χ1) is 11.8. The number of imide groups is 1. The van der Waals surface area contributed by atoms with Crippen LogP contribution in [0, 0.1) is 11.3 Å². The minimum Gasteiger partial charge on any atom is -0.507 e. The standard InChI is InChI=1S/C16H10N4O5/c1-6(21)8-2-7(5-17)10(4-11(8)22)20-12(23)3-9-13(14(20)18)16(25)19-15(9)24/h2-4,22H,18H2,1H3,(H,19,24,25). The monoisotopic (exact) mass is 338 g/mol. The number of fused-ring (bicyclic) bond motifs is 1. The van der Waals surface area contributed by atoms with Gasteiger partial charge in [0.2, 0.25) is 0 Å². The first-order valence-electron chi connectivity index (χ1n) is 6.96. The summed E-state index contributed by atoms with van der Waals surface area (Å²) in [4.78, 5) is 47.4. The van der Waals surface area contributed by atoms with E-state index in [4.69, 9.17) is 5.73 Å². The number of carbonyl (C=O) groups is 3. The summed E-state index contributed by atoms with van der Waals surface area (Å²) >= 11 is 0. The molecule has 1 aromatic heterocycles. The highest BCUT2D eigenvalue weighted by Gasteiger charge is 2.32. The summed E-state index contributed by atoms with van der Waals surface area (Å²) in [6.45, 7) is 1.21. The molecule has 0 radical (unpaired) electrons. The van der Waals surface area contributed by atoms with Crippen molar-refractivity contribution in [2.45, 2.75) is 6.92 Å².